The molecule has 0 saturated heterocycles. The Balaban J connectivity index is 1.74. The molecule has 160 valence electrons. The van der Waals surface area contributed by atoms with Gasteiger partial charge in [0, 0.05) is 30.4 Å². The standard InChI is InChI=1S/C20H22ClN3O5S/c1-23(16-5-3-2-4-6-16)30(28,29)17-10-7-14(8-11-17)20(25)22-15-9-12-18(21)19(13-15)24(26)27/h7-13,16H,2-6H2,1H3,(H,22,25). The Morgan fingerprint density at radius 3 is 2.37 bits per heavy atom. The number of nitrogens with zero attached hydrogens (tertiary/aromatic N) is 2. The van der Waals surface area contributed by atoms with Crippen LogP contribution in [0, 0.1) is 10.1 Å². The van der Waals surface area contributed by atoms with Crippen molar-refractivity contribution in [2.24, 2.45) is 0 Å². The molecule has 2 aromatic rings. The second kappa shape index (κ2) is 9.11. The Morgan fingerprint density at radius 1 is 1.13 bits per heavy atom. The highest BCUT2D eigenvalue weighted by atomic mass is 35.5. The molecule has 0 bridgehead atoms. The quantitative estimate of drug-likeness (QED) is 0.515. The maximum atomic E-state index is 12.9. The molecule has 3 rings (SSSR count). The summed E-state index contributed by atoms with van der Waals surface area (Å²) in [6.07, 6.45) is 4.87. The molecule has 1 fully saturated rings. The number of rotatable bonds is 6. The first-order chi connectivity index (χ1) is 14.2. The zero-order valence-corrected chi connectivity index (χ0v) is 17.9. The zero-order valence-electron chi connectivity index (χ0n) is 16.4. The first kappa shape index (κ1) is 22.2. The van der Waals surface area contributed by atoms with Crippen LogP contribution in [0.2, 0.25) is 5.02 Å². The molecular weight excluding hydrogens is 430 g/mol. The molecule has 0 unspecified atom stereocenters. The van der Waals surface area contributed by atoms with Gasteiger partial charge in [0.05, 0.1) is 9.82 Å². The predicted molar refractivity (Wildman–Crippen MR) is 114 cm³/mol. The van der Waals surface area contributed by atoms with E-state index >= 15 is 0 Å². The summed E-state index contributed by atoms with van der Waals surface area (Å²) in [5.41, 5.74) is 0.123. The lowest BCUT2D eigenvalue weighted by atomic mass is 9.96. The van der Waals surface area contributed by atoms with Crippen LogP contribution in [0.5, 0.6) is 0 Å². The van der Waals surface area contributed by atoms with Crippen LogP contribution in [0.25, 0.3) is 0 Å². The molecule has 2 aromatic carbocycles. The average molecular weight is 452 g/mol. The zero-order chi connectivity index (χ0) is 21.9. The Bertz CT molecular complexity index is 1050. The average Bonchev–Trinajstić information content (AvgIpc) is 2.75. The molecule has 0 radical (unpaired) electrons. The lowest BCUT2D eigenvalue weighted by Crippen LogP contribution is -2.38. The van der Waals surface area contributed by atoms with Gasteiger partial charge < -0.3 is 5.32 Å². The Hall–Kier alpha value is -2.49. The van der Waals surface area contributed by atoms with Crippen LogP contribution in [0.3, 0.4) is 0 Å². The normalized spacial score (nSPS) is 15.2. The van der Waals surface area contributed by atoms with E-state index in [1.807, 2.05) is 0 Å². The topological polar surface area (TPSA) is 110 Å². The van der Waals surface area contributed by atoms with Crippen molar-refractivity contribution in [2.75, 3.05) is 12.4 Å². The Labute approximate surface area is 180 Å². The molecule has 30 heavy (non-hydrogen) atoms. The Morgan fingerprint density at radius 2 is 1.77 bits per heavy atom. The van der Waals surface area contributed by atoms with Crippen molar-refractivity contribution in [1.29, 1.82) is 0 Å². The molecule has 1 aliphatic rings. The van der Waals surface area contributed by atoms with Gasteiger partial charge in [-0.15, -0.1) is 0 Å². The molecule has 0 atom stereocenters. The van der Waals surface area contributed by atoms with Gasteiger partial charge in [-0.3, -0.25) is 14.9 Å². The molecule has 8 nitrogen and oxygen atoms in total. The van der Waals surface area contributed by atoms with Crippen molar-refractivity contribution in [3.05, 3.63) is 63.2 Å². The summed E-state index contributed by atoms with van der Waals surface area (Å²) in [7, 11) is -2.05. The molecule has 1 amide bonds. The summed E-state index contributed by atoms with van der Waals surface area (Å²) < 4.78 is 27.2. The number of nitrogens with one attached hydrogen (secondary N) is 1. The van der Waals surface area contributed by atoms with E-state index in [0.29, 0.717) is 0 Å². The van der Waals surface area contributed by atoms with Crippen LogP contribution in [0.4, 0.5) is 11.4 Å². The number of nitro benzene ring substituents is 1. The number of carbonyl (C=O) groups is 1. The van der Waals surface area contributed by atoms with Crippen molar-refractivity contribution < 1.29 is 18.1 Å². The lowest BCUT2D eigenvalue weighted by Gasteiger charge is -2.30. The number of nitro groups is 1. The number of hydrogen-bond acceptors (Lipinski definition) is 5. The van der Waals surface area contributed by atoms with Gasteiger partial charge >= 0.3 is 0 Å². The van der Waals surface area contributed by atoms with Crippen molar-refractivity contribution in [1.82, 2.24) is 4.31 Å². The second-order valence-electron chi connectivity index (χ2n) is 7.21. The monoisotopic (exact) mass is 451 g/mol. The summed E-state index contributed by atoms with van der Waals surface area (Å²) >= 11 is 5.77. The van der Waals surface area contributed by atoms with Crippen LogP contribution < -0.4 is 5.32 Å². The van der Waals surface area contributed by atoms with Crippen molar-refractivity contribution in [3.63, 3.8) is 0 Å². The van der Waals surface area contributed by atoms with E-state index in [-0.39, 0.29) is 32.9 Å². The molecule has 0 aromatic heterocycles. The molecule has 1 N–H and O–H groups in total. The van der Waals surface area contributed by atoms with Crippen LogP contribution in [0.15, 0.2) is 47.4 Å². The highest BCUT2D eigenvalue weighted by molar-refractivity contribution is 7.89. The molecule has 10 heteroatoms. The van der Waals surface area contributed by atoms with Crippen LogP contribution in [-0.2, 0) is 10.0 Å². The SMILES string of the molecule is CN(C1CCCCC1)S(=O)(=O)c1ccc(C(=O)Nc2ccc(Cl)c([N+](=O)[O-])c2)cc1. The van der Waals surface area contributed by atoms with Gasteiger partial charge in [-0.2, -0.15) is 4.31 Å². The fourth-order valence-electron chi connectivity index (χ4n) is 3.52. The van der Waals surface area contributed by atoms with Gasteiger partial charge in [-0.05, 0) is 49.2 Å². The number of anilines is 1. The number of halogens is 1. The third kappa shape index (κ3) is 4.80. The summed E-state index contributed by atoms with van der Waals surface area (Å²) in [5, 5.41) is 13.5. The Kier molecular flexibility index (Phi) is 6.74. The minimum Gasteiger partial charge on any atom is -0.322 e. The highest BCUT2D eigenvalue weighted by Crippen LogP contribution is 2.28. The smallest absolute Gasteiger partial charge is 0.289 e. The minimum absolute atomic E-state index is 0.00702. The lowest BCUT2D eigenvalue weighted by molar-refractivity contribution is -0.384. The molecule has 1 saturated carbocycles. The van der Waals surface area contributed by atoms with E-state index < -0.39 is 20.9 Å². The number of hydrogen-bond donors (Lipinski definition) is 1. The maximum Gasteiger partial charge on any atom is 0.289 e. The summed E-state index contributed by atoms with van der Waals surface area (Å²) in [6, 6.07) is 9.56. The summed E-state index contributed by atoms with van der Waals surface area (Å²) in [5.74, 6) is -0.517. The van der Waals surface area contributed by atoms with Gasteiger partial charge in [-0.1, -0.05) is 30.9 Å². The fraction of sp³-hybridized carbons (Fsp3) is 0.350. The van der Waals surface area contributed by atoms with Gasteiger partial charge in [-0.25, -0.2) is 8.42 Å². The van der Waals surface area contributed by atoms with Crippen molar-refractivity contribution >= 4 is 38.9 Å². The molecule has 0 heterocycles. The van der Waals surface area contributed by atoms with Crippen molar-refractivity contribution in [3.8, 4) is 0 Å². The molecule has 0 aliphatic heterocycles. The van der Waals surface area contributed by atoms with E-state index in [9.17, 15) is 23.3 Å². The predicted octanol–water partition coefficient (Wildman–Crippen LogP) is 4.45. The van der Waals surface area contributed by atoms with Crippen LogP contribution >= 0.6 is 11.6 Å². The highest BCUT2D eigenvalue weighted by Gasteiger charge is 2.29. The minimum atomic E-state index is -3.65. The van der Waals surface area contributed by atoms with Crippen LogP contribution in [0.1, 0.15) is 42.5 Å². The fourth-order valence-corrected chi connectivity index (χ4v) is 5.12. The number of sulfonamides is 1. The summed E-state index contributed by atoms with van der Waals surface area (Å²) in [4.78, 5) is 22.9. The van der Waals surface area contributed by atoms with Gasteiger partial charge in [0.1, 0.15) is 5.02 Å². The maximum absolute atomic E-state index is 12.9. The molecule has 1 aliphatic carbocycles. The van der Waals surface area contributed by atoms with E-state index in [2.05, 4.69) is 5.32 Å². The van der Waals surface area contributed by atoms with Gasteiger partial charge in [0.25, 0.3) is 11.6 Å². The second-order valence-corrected chi connectivity index (χ2v) is 9.62. The van der Waals surface area contributed by atoms with Gasteiger partial charge in [0.15, 0.2) is 0 Å². The van der Waals surface area contributed by atoms with E-state index in [1.54, 1.807) is 7.05 Å². The number of benzene rings is 2. The van der Waals surface area contributed by atoms with Crippen LogP contribution in [-0.4, -0.2) is 36.6 Å². The molecule has 0 spiro atoms. The largest absolute Gasteiger partial charge is 0.322 e. The third-order valence-corrected chi connectivity index (χ3v) is 7.53. The van der Waals surface area contributed by atoms with Crippen molar-refractivity contribution in [2.45, 2.75) is 43.0 Å². The first-order valence-corrected chi connectivity index (χ1v) is 11.4. The molecular formula is C20H22ClN3O5S. The number of amides is 1. The van der Waals surface area contributed by atoms with Gasteiger partial charge in [0.2, 0.25) is 10.0 Å². The van der Waals surface area contributed by atoms with E-state index in [4.69, 9.17) is 11.6 Å². The summed E-state index contributed by atoms with van der Waals surface area (Å²) in [6.45, 7) is 0. The third-order valence-electron chi connectivity index (χ3n) is 5.28. The van der Waals surface area contributed by atoms with E-state index in [1.165, 1.54) is 40.7 Å². The number of carbonyl (C=O) groups excluding carboxylic acids is 1. The first-order valence-electron chi connectivity index (χ1n) is 9.53. The van der Waals surface area contributed by atoms with E-state index in [0.717, 1.165) is 38.2 Å².